The van der Waals surface area contributed by atoms with Crippen molar-refractivity contribution in [3.63, 3.8) is 0 Å². The summed E-state index contributed by atoms with van der Waals surface area (Å²) in [6.07, 6.45) is 4.53. The van der Waals surface area contributed by atoms with Gasteiger partial charge in [-0.2, -0.15) is 11.8 Å². The van der Waals surface area contributed by atoms with Crippen molar-refractivity contribution in [1.82, 2.24) is 9.97 Å². The number of halogens is 1. The number of aryl methyl sites for hydroxylation is 1. The van der Waals surface area contributed by atoms with Crippen molar-refractivity contribution in [2.75, 3.05) is 23.4 Å². The Morgan fingerprint density at radius 1 is 1.32 bits per heavy atom. The van der Waals surface area contributed by atoms with E-state index in [1.807, 2.05) is 6.92 Å². The van der Waals surface area contributed by atoms with Gasteiger partial charge in [-0.25, -0.2) is 9.97 Å². The third kappa shape index (κ3) is 4.25. The lowest BCUT2D eigenvalue weighted by Crippen LogP contribution is -2.20. The van der Waals surface area contributed by atoms with E-state index in [0.717, 1.165) is 42.5 Å². The van der Waals surface area contributed by atoms with Gasteiger partial charge in [0.05, 0.1) is 0 Å². The van der Waals surface area contributed by atoms with Crippen LogP contribution in [0.3, 0.4) is 0 Å². The molecule has 3 nitrogen and oxygen atoms in total. The van der Waals surface area contributed by atoms with E-state index in [2.05, 4.69) is 34.0 Å². The zero-order valence-electron chi connectivity index (χ0n) is 11.7. The van der Waals surface area contributed by atoms with E-state index < -0.39 is 0 Å². The van der Waals surface area contributed by atoms with E-state index in [9.17, 15) is 0 Å². The van der Waals surface area contributed by atoms with Gasteiger partial charge in [0, 0.05) is 18.5 Å². The van der Waals surface area contributed by atoms with Gasteiger partial charge in [0.2, 0.25) is 0 Å². The molecule has 0 bridgehead atoms. The van der Waals surface area contributed by atoms with Gasteiger partial charge < -0.3 is 5.32 Å². The molecular weight excluding hydrogens is 278 g/mol. The van der Waals surface area contributed by atoms with Crippen molar-refractivity contribution in [3.05, 3.63) is 16.5 Å². The lowest BCUT2D eigenvalue weighted by molar-refractivity contribution is 0.515. The first-order valence-electron chi connectivity index (χ1n) is 7.05. The van der Waals surface area contributed by atoms with Crippen LogP contribution in [-0.2, 0) is 6.42 Å². The Labute approximate surface area is 124 Å². The van der Waals surface area contributed by atoms with E-state index in [1.165, 1.54) is 24.3 Å². The fourth-order valence-corrected chi connectivity index (χ4v) is 3.62. The van der Waals surface area contributed by atoms with Crippen molar-refractivity contribution in [1.29, 1.82) is 0 Å². The summed E-state index contributed by atoms with van der Waals surface area (Å²) in [5.74, 6) is 5.11. The van der Waals surface area contributed by atoms with Crippen LogP contribution in [-0.4, -0.2) is 28.0 Å². The highest BCUT2D eigenvalue weighted by Crippen LogP contribution is 2.25. The third-order valence-corrected chi connectivity index (χ3v) is 4.92. The maximum absolute atomic E-state index is 6.18. The monoisotopic (exact) mass is 299 g/mol. The molecule has 0 radical (unpaired) electrons. The van der Waals surface area contributed by atoms with Gasteiger partial charge in [-0.1, -0.05) is 18.5 Å². The smallest absolute Gasteiger partial charge is 0.137 e. The summed E-state index contributed by atoms with van der Waals surface area (Å²) in [5.41, 5.74) is 0.965. The summed E-state index contributed by atoms with van der Waals surface area (Å²) < 4.78 is 0. The Hall–Kier alpha value is -0.480. The molecule has 0 saturated carbocycles. The van der Waals surface area contributed by atoms with Crippen LogP contribution in [0.1, 0.15) is 37.6 Å². The number of thioether (sulfide) groups is 1. The Morgan fingerprint density at radius 2 is 2.05 bits per heavy atom. The molecule has 1 N–H and O–H groups in total. The van der Waals surface area contributed by atoms with Crippen LogP contribution < -0.4 is 5.32 Å². The predicted octanol–water partition coefficient (Wildman–Crippen LogP) is 3.95. The van der Waals surface area contributed by atoms with Gasteiger partial charge in [-0.05, 0) is 43.6 Å². The first-order valence-corrected chi connectivity index (χ1v) is 8.58. The third-order valence-electron chi connectivity index (χ3n) is 3.51. The number of nitrogens with zero attached hydrogens (tertiary/aromatic N) is 2. The quantitative estimate of drug-likeness (QED) is 0.836. The molecule has 2 rings (SSSR count). The van der Waals surface area contributed by atoms with E-state index in [-0.39, 0.29) is 0 Å². The highest BCUT2D eigenvalue weighted by atomic mass is 35.5. The zero-order valence-corrected chi connectivity index (χ0v) is 13.3. The zero-order chi connectivity index (χ0) is 13.7. The SMILES string of the molecule is CCCc1nc(Cl)c(C)c(NCC2CCSCC2)n1. The van der Waals surface area contributed by atoms with Crippen LogP contribution in [0.5, 0.6) is 0 Å². The van der Waals surface area contributed by atoms with Crippen molar-refractivity contribution < 1.29 is 0 Å². The molecule has 2 heterocycles. The first-order chi connectivity index (χ1) is 9.20. The largest absolute Gasteiger partial charge is 0.369 e. The summed E-state index contributed by atoms with van der Waals surface area (Å²) in [6.45, 7) is 5.11. The molecule has 1 aliphatic heterocycles. The van der Waals surface area contributed by atoms with Crippen LogP contribution in [0.15, 0.2) is 0 Å². The van der Waals surface area contributed by atoms with Gasteiger partial charge in [0.1, 0.15) is 16.8 Å². The summed E-state index contributed by atoms with van der Waals surface area (Å²) in [4.78, 5) is 8.92. The normalized spacial score (nSPS) is 16.6. The number of hydrogen-bond donors (Lipinski definition) is 1. The first kappa shape index (κ1) is 14.9. The molecule has 0 aromatic carbocycles. The summed E-state index contributed by atoms with van der Waals surface area (Å²) >= 11 is 8.24. The van der Waals surface area contributed by atoms with Crippen LogP contribution in [0.4, 0.5) is 5.82 Å². The number of rotatable bonds is 5. The average molecular weight is 300 g/mol. The molecular formula is C14H22ClN3S. The Bertz CT molecular complexity index is 419. The number of nitrogens with one attached hydrogen (secondary N) is 1. The van der Waals surface area contributed by atoms with Crippen molar-refractivity contribution >= 4 is 29.2 Å². The molecule has 19 heavy (non-hydrogen) atoms. The van der Waals surface area contributed by atoms with E-state index in [4.69, 9.17) is 11.6 Å². The second-order valence-electron chi connectivity index (χ2n) is 5.09. The van der Waals surface area contributed by atoms with Gasteiger partial charge in [-0.15, -0.1) is 0 Å². The fraction of sp³-hybridized carbons (Fsp3) is 0.714. The minimum Gasteiger partial charge on any atom is -0.369 e. The van der Waals surface area contributed by atoms with Gasteiger partial charge in [0.25, 0.3) is 0 Å². The van der Waals surface area contributed by atoms with Crippen molar-refractivity contribution in [2.45, 2.75) is 39.5 Å². The van der Waals surface area contributed by atoms with E-state index >= 15 is 0 Å². The molecule has 1 saturated heterocycles. The highest BCUT2D eigenvalue weighted by molar-refractivity contribution is 7.99. The molecule has 1 fully saturated rings. The van der Waals surface area contributed by atoms with Gasteiger partial charge in [0.15, 0.2) is 0 Å². The Morgan fingerprint density at radius 3 is 2.74 bits per heavy atom. The molecule has 0 amide bonds. The Balaban J connectivity index is 2.01. The molecule has 106 valence electrons. The minimum atomic E-state index is 0.583. The lowest BCUT2D eigenvalue weighted by Gasteiger charge is -2.22. The van der Waals surface area contributed by atoms with Gasteiger partial charge in [-0.3, -0.25) is 0 Å². The standard InChI is InChI=1S/C14H22ClN3S/c1-3-4-12-17-13(15)10(2)14(18-12)16-9-11-5-7-19-8-6-11/h11H,3-9H2,1-2H3,(H,16,17,18). The summed E-state index contributed by atoms with van der Waals surface area (Å²) in [6, 6.07) is 0. The van der Waals surface area contributed by atoms with E-state index in [1.54, 1.807) is 0 Å². The number of hydrogen-bond acceptors (Lipinski definition) is 4. The molecule has 1 aliphatic rings. The second kappa shape index (κ2) is 7.34. The predicted molar refractivity (Wildman–Crippen MR) is 84.3 cm³/mol. The number of anilines is 1. The average Bonchev–Trinajstić information content (AvgIpc) is 2.42. The maximum Gasteiger partial charge on any atom is 0.137 e. The molecule has 1 aromatic heterocycles. The molecule has 0 unspecified atom stereocenters. The topological polar surface area (TPSA) is 37.8 Å². The molecule has 5 heteroatoms. The summed E-state index contributed by atoms with van der Waals surface area (Å²) in [7, 11) is 0. The summed E-state index contributed by atoms with van der Waals surface area (Å²) in [5, 5.41) is 4.06. The fourth-order valence-electron chi connectivity index (χ4n) is 2.23. The van der Waals surface area contributed by atoms with Crippen LogP contribution in [0, 0.1) is 12.8 Å². The van der Waals surface area contributed by atoms with Gasteiger partial charge >= 0.3 is 0 Å². The minimum absolute atomic E-state index is 0.583. The highest BCUT2D eigenvalue weighted by Gasteiger charge is 2.15. The second-order valence-corrected chi connectivity index (χ2v) is 6.67. The molecule has 1 aromatic rings. The molecule has 0 atom stereocenters. The van der Waals surface area contributed by atoms with Crippen LogP contribution >= 0.6 is 23.4 Å². The Kier molecular flexibility index (Phi) is 5.76. The van der Waals surface area contributed by atoms with Crippen LogP contribution in [0.25, 0.3) is 0 Å². The van der Waals surface area contributed by atoms with Crippen molar-refractivity contribution in [2.24, 2.45) is 5.92 Å². The lowest BCUT2D eigenvalue weighted by atomic mass is 10.0. The maximum atomic E-state index is 6.18. The molecule has 0 spiro atoms. The van der Waals surface area contributed by atoms with E-state index in [0.29, 0.717) is 5.15 Å². The number of aromatic nitrogens is 2. The van der Waals surface area contributed by atoms with Crippen LogP contribution in [0.2, 0.25) is 5.15 Å². The molecule has 0 aliphatic carbocycles. The van der Waals surface area contributed by atoms with Crippen molar-refractivity contribution in [3.8, 4) is 0 Å².